The van der Waals surface area contributed by atoms with Crippen molar-refractivity contribution < 1.29 is 4.52 Å². The Bertz CT molecular complexity index is 225. The molecule has 1 aromatic heterocycles. The van der Waals surface area contributed by atoms with Crippen molar-refractivity contribution in [1.82, 2.24) is 5.16 Å². The van der Waals surface area contributed by atoms with Gasteiger partial charge in [0.2, 0.25) is 0 Å². The van der Waals surface area contributed by atoms with Crippen LogP contribution >= 0.6 is 23.5 Å². The van der Waals surface area contributed by atoms with Gasteiger partial charge in [0.15, 0.2) is 0 Å². The highest BCUT2D eigenvalue weighted by molar-refractivity contribution is 7.99. The first kappa shape index (κ1) is 7.75. The Balaban J connectivity index is 2.83. The maximum atomic E-state index is 5.76. The standard InChI is InChI=1S/C5H7ClN2OS/c1-3-4(6)5(8-10-2)9-7-3/h8H,1-2H3. The molecule has 5 heteroatoms. The van der Waals surface area contributed by atoms with Gasteiger partial charge in [-0.05, 0) is 6.92 Å². The zero-order valence-electron chi connectivity index (χ0n) is 5.64. The van der Waals surface area contributed by atoms with Crippen molar-refractivity contribution in [3.05, 3.63) is 10.7 Å². The second-order valence-corrected chi connectivity index (χ2v) is 2.71. The molecule has 0 aromatic carbocycles. The molecular weight excluding hydrogens is 172 g/mol. The lowest BCUT2D eigenvalue weighted by atomic mass is 10.5. The second-order valence-electron chi connectivity index (χ2n) is 1.72. The molecule has 0 spiro atoms. The molecule has 0 radical (unpaired) electrons. The molecule has 10 heavy (non-hydrogen) atoms. The van der Waals surface area contributed by atoms with E-state index in [-0.39, 0.29) is 0 Å². The molecule has 1 aromatic rings. The molecule has 0 aliphatic heterocycles. The summed E-state index contributed by atoms with van der Waals surface area (Å²) in [6.45, 7) is 1.79. The van der Waals surface area contributed by atoms with Crippen LogP contribution in [-0.4, -0.2) is 11.4 Å². The third kappa shape index (κ3) is 1.38. The number of hydrogen-bond acceptors (Lipinski definition) is 4. The highest BCUT2D eigenvalue weighted by atomic mass is 35.5. The van der Waals surface area contributed by atoms with Gasteiger partial charge in [-0.15, -0.1) is 0 Å². The first-order chi connectivity index (χ1) is 4.75. The van der Waals surface area contributed by atoms with E-state index in [1.54, 1.807) is 6.92 Å². The molecule has 0 amide bonds. The van der Waals surface area contributed by atoms with Crippen LogP contribution in [0.4, 0.5) is 5.88 Å². The van der Waals surface area contributed by atoms with Crippen molar-refractivity contribution in [2.24, 2.45) is 0 Å². The summed E-state index contributed by atoms with van der Waals surface area (Å²) >= 11 is 7.17. The summed E-state index contributed by atoms with van der Waals surface area (Å²) in [6, 6.07) is 0. The van der Waals surface area contributed by atoms with Gasteiger partial charge in [0.05, 0.1) is 0 Å². The minimum absolute atomic E-state index is 0.520. The van der Waals surface area contributed by atoms with E-state index in [9.17, 15) is 0 Å². The van der Waals surface area contributed by atoms with Gasteiger partial charge in [0.25, 0.3) is 5.88 Å². The first-order valence-electron chi connectivity index (χ1n) is 2.66. The third-order valence-electron chi connectivity index (χ3n) is 0.986. The summed E-state index contributed by atoms with van der Waals surface area (Å²) in [6.07, 6.45) is 1.88. The van der Waals surface area contributed by atoms with Gasteiger partial charge in [-0.1, -0.05) is 28.7 Å². The summed E-state index contributed by atoms with van der Waals surface area (Å²) < 4.78 is 7.67. The lowest BCUT2D eigenvalue weighted by Gasteiger charge is -1.92. The van der Waals surface area contributed by atoms with E-state index < -0.39 is 0 Å². The summed E-state index contributed by atoms with van der Waals surface area (Å²) in [5, 5.41) is 4.20. The average Bonchev–Trinajstić information content (AvgIpc) is 2.20. The molecule has 0 atom stereocenters. The Morgan fingerprint density at radius 3 is 2.80 bits per heavy atom. The summed E-state index contributed by atoms with van der Waals surface area (Å²) in [5.74, 6) is 0.520. The number of rotatable bonds is 2. The van der Waals surface area contributed by atoms with Crippen LogP contribution in [0.5, 0.6) is 0 Å². The van der Waals surface area contributed by atoms with Crippen LogP contribution < -0.4 is 4.72 Å². The van der Waals surface area contributed by atoms with Crippen molar-refractivity contribution in [2.75, 3.05) is 11.0 Å². The van der Waals surface area contributed by atoms with Crippen molar-refractivity contribution in [3.8, 4) is 0 Å². The average molecular weight is 179 g/mol. The molecule has 0 bridgehead atoms. The molecule has 1 heterocycles. The fraction of sp³-hybridized carbons (Fsp3) is 0.400. The highest BCUT2D eigenvalue weighted by Crippen LogP contribution is 2.26. The molecule has 0 aliphatic carbocycles. The maximum Gasteiger partial charge on any atom is 0.253 e. The van der Waals surface area contributed by atoms with E-state index in [0.717, 1.165) is 0 Å². The zero-order chi connectivity index (χ0) is 7.56. The Kier molecular flexibility index (Phi) is 2.45. The predicted octanol–water partition coefficient (Wildman–Crippen LogP) is 2.33. The molecule has 0 saturated carbocycles. The van der Waals surface area contributed by atoms with Gasteiger partial charge in [-0.25, -0.2) is 0 Å². The van der Waals surface area contributed by atoms with E-state index >= 15 is 0 Å². The maximum absolute atomic E-state index is 5.76. The minimum Gasteiger partial charge on any atom is -0.336 e. The number of halogens is 1. The van der Waals surface area contributed by atoms with E-state index in [0.29, 0.717) is 16.6 Å². The van der Waals surface area contributed by atoms with Crippen LogP contribution in [0.2, 0.25) is 5.02 Å². The van der Waals surface area contributed by atoms with Crippen LogP contribution in [0, 0.1) is 6.92 Å². The molecule has 1 N–H and O–H groups in total. The second kappa shape index (κ2) is 3.16. The van der Waals surface area contributed by atoms with Crippen LogP contribution in [0.3, 0.4) is 0 Å². The van der Waals surface area contributed by atoms with E-state index in [2.05, 4.69) is 9.88 Å². The molecule has 0 saturated heterocycles. The van der Waals surface area contributed by atoms with E-state index in [1.807, 2.05) is 6.26 Å². The van der Waals surface area contributed by atoms with Crippen LogP contribution in [0.25, 0.3) is 0 Å². The number of nitrogens with one attached hydrogen (secondary N) is 1. The Labute approximate surface area is 68.2 Å². The molecule has 0 aliphatic rings. The van der Waals surface area contributed by atoms with Crippen molar-refractivity contribution in [2.45, 2.75) is 6.92 Å². The molecule has 1 rings (SSSR count). The SMILES string of the molecule is CSNc1onc(C)c1Cl. The minimum atomic E-state index is 0.520. The van der Waals surface area contributed by atoms with Gasteiger partial charge >= 0.3 is 0 Å². The monoisotopic (exact) mass is 178 g/mol. The van der Waals surface area contributed by atoms with Gasteiger partial charge in [0.1, 0.15) is 10.7 Å². The summed E-state index contributed by atoms with van der Waals surface area (Å²) in [4.78, 5) is 0. The van der Waals surface area contributed by atoms with Gasteiger partial charge in [-0.3, -0.25) is 4.72 Å². The third-order valence-corrected chi connectivity index (χ3v) is 1.82. The lowest BCUT2D eigenvalue weighted by Crippen LogP contribution is -1.80. The van der Waals surface area contributed by atoms with E-state index in [1.165, 1.54) is 11.9 Å². The number of aryl methyl sites for hydroxylation is 1. The number of aromatic nitrogens is 1. The topological polar surface area (TPSA) is 38.1 Å². The predicted molar refractivity (Wildman–Crippen MR) is 43.4 cm³/mol. The molecule has 3 nitrogen and oxygen atoms in total. The van der Waals surface area contributed by atoms with Crippen molar-refractivity contribution in [1.29, 1.82) is 0 Å². The van der Waals surface area contributed by atoms with Crippen LogP contribution in [0.15, 0.2) is 4.52 Å². The first-order valence-corrected chi connectivity index (χ1v) is 4.26. The number of anilines is 1. The summed E-state index contributed by atoms with van der Waals surface area (Å²) in [7, 11) is 0. The van der Waals surface area contributed by atoms with Gasteiger partial charge < -0.3 is 4.52 Å². The molecule has 0 fully saturated rings. The van der Waals surface area contributed by atoms with E-state index in [4.69, 9.17) is 16.1 Å². The lowest BCUT2D eigenvalue weighted by molar-refractivity contribution is 0.431. The molecule has 0 unspecified atom stereocenters. The van der Waals surface area contributed by atoms with Gasteiger partial charge in [-0.2, -0.15) is 0 Å². The number of nitrogens with zero attached hydrogens (tertiary/aromatic N) is 1. The Morgan fingerprint density at radius 1 is 1.70 bits per heavy atom. The highest BCUT2D eigenvalue weighted by Gasteiger charge is 2.08. The smallest absolute Gasteiger partial charge is 0.253 e. The normalized spacial score (nSPS) is 9.90. The van der Waals surface area contributed by atoms with Crippen molar-refractivity contribution >= 4 is 29.4 Å². The van der Waals surface area contributed by atoms with Gasteiger partial charge in [0, 0.05) is 6.26 Å². The molecule has 56 valence electrons. The molecular formula is C5H7ClN2OS. The zero-order valence-corrected chi connectivity index (χ0v) is 7.21. The van der Waals surface area contributed by atoms with Crippen LogP contribution in [0.1, 0.15) is 5.69 Å². The Morgan fingerprint density at radius 2 is 2.40 bits per heavy atom. The summed E-state index contributed by atoms with van der Waals surface area (Å²) in [5.41, 5.74) is 0.707. The van der Waals surface area contributed by atoms with Crippen LogP contribution in [-0.2, 0) is 0 Å². The fourth-order valence-corrected chi connectivity index (χ4v) is 1.01. The largest absolute Gasteiger partial charge is 0.336 e. The number of hydrogen-bond donors (Lipinski definition) is 1. The quantitative estimate of drug-likeness (QED) is 0.706. The Hall–Kier alpha value is -0.350. The fourth-order valence-electron chi connectivity index (χ4n) is 0.515. The van der Waals surface area contributed by atoms with Crippen molar-refractivity contribution in [3.63, 3.8) is 0 Å².